The summed E-state index contributed by atoms with van der Waals surface area (Å²) < 4.78 is 0.986. The lowest BCUT2D eigenvalue weighted by Crippen LogP contribution is -2.38. The molecule has 0 bridgehead atoms. The molecule has 22 heavy (non-hydrogen) atoms. The highest BCUT2D eigenvalue weighted by atomic mass is 32.1. The molecule has 116 valence electrons. The molecule has 2 aromatic rings. The molecule has 1 saturated carbocycles. The highest BCUT2D eigenvalue weighted by molar-refractivity contribution is 7.22. The third kappa shape index (κ3) is 3.62. The van der Waals surface area contributed by atoms with Crippen LogP contribution in [0.5, 0.6) is 0 Å². The summed E-state index contributed by atoms with van der Waals surface area (Å²) in [5, 5.41) is 5.76. The molecule has 1 heterocycles. The van der Waals surface area contributed by atoms with Crippen molar-refractivity contribution in [3.8, 4) is 0 Å². The zero-order valence-electron chi connectivity index (χ0n) is 12.3. The van der Waals surface area contributed by atoms with Crippen LogP contribution in [-0.4, -0.2) is 23.3 Å². The molecule has 0 radical (unpaired) electrons. The predicted octanol–water partition coefficient (Wildman–Crippen LogP) is 2.93. The largest absolute Gasteiger partial charge is 0.348 e. The van der Waals surface area contributed by atoms with Gasteiger partial charge in [-0.3, -0.25) is 14.9 Å². The Morgan fingerprint density at radius 1 is 1.14 bits per heavy atom. The Bertz CT molecular complexity index is 644. The Labute approximate surface area is 133 Å². The van der Waals surface area contributed by atoms with Gasteiger partial charge >= 0.3 is 11.8 Å². The van der Waals surface area contributed by atoms with Gasteiger partial charge in [0.25, 0.3) is 0 Å². The molecule has 2 N–H and O–H groups in total. The Kier molecular flexibility index (Phi) is 4.68. The number of nitrogens with zero attached hydrogens (tertiary/aromatic N) is 1. The first-order chi connectivity index (χ1) is 10.7. The second kappa shape index (κ2) is 6.87. The molecule has 0 spiro atoms. The lowest BCUT2D eigenvalue weighted by molar-refractivity contribution is -0.136. The lowest BCUT2D eigenvalue weighted by atomic mass is 9.89. The first-order valence-electron chi connectivity index (χ1n) is 7.67. The highest BCUT2D eigenvalue weighted by Crippen LogP contribution is 2.25. The van der Waals surface area contributed by atoms with Crippen LogP contribution >= 0.6 is 11.3 Å². The van der Waals surface area contributed by atoms with Crippen molar-refractivity contribution in [1.29, 1.82) is 0 Å². The normalized spacial score (nSPS) is 15.6. The van der Waals surface area contributed by atoms with Crippen LogP contribution in [0.15, 0.2) is 24.3 Å². The summed E-state index contributed by atoms with van der Waals surface area (Å²) >= 11 is 1.37. The van der Waals surface area contributed by atoms with Crippen molar-refractivity contribution in [2.24, 2.45) is 5.92 Å². The Hall–Kier alpha value is -1.95. The minimum atomic E-state index is -0.644. The number of hydrogen-bond donors (Lipinski definition) is 2. The summed E-state index contributed by atoms with van der Waals surface area (Å²) in [6.45, 7) is 0.589. The number of hydrogen-bond acceptors (Lipinski definition) is 4. The van der Waals surface area contributed by atoms with E-state index in [9.17, 15) is 9.59 Å². The summed E-state index contributed by atoms with van der Waals surface area (Å²) in [6.07, 6.45) is 6.00. The van der Waals surface area contributed by atoms with Crippen molar-refractivity contribution in [2.75, 3.05) is 11.9 Å². The van der Waals surface area contributed by atoms with Crippen molar-refractivity contribution >= 4 is 38.5 Å². The molecule has 5 nitrogen and oxygen atoms in total. The Balaban J connectivity index is 1.53. The number of fused-ring (bicyclic) bond motifs is 1. The fourth-order valence-electron chi connectivity index (χ4n) is 2.79. The molecule has 1 aromatic heterocycles. The van der Waals surface area contributed by atoms with E-state index in [0.29, 0.717) is 17.6 Å². The third-order valence-electron chi connectivity index (χ3n) is 4.00. The first-order valence-corrected chi connectivity index (χ1v) is 8.49. The SMILES string of the molecule is O=C(NCC1CCCCC1)C(=O)Nc1nc2ccccc2s1. The number of carbonyl (C=O) groups excluding carboxylic acids is 2. The van der Waals surface area contributed by atoms with Crippen LogP contribution in [0.3, 0.4) is 0 Å². The smallest absolute Gasteiger partial charge is 0.315 e. The fraction of sp³-hybridized carbons (Fsp3) is 0.438. The van der Waals surface area contributed by atoms with Gasteiger partial charge in [-0.1, -0.05) is 42.7 Å². The molecule has 0 unspecified atom stereocenters. The number of carbonyl (C=O) groups is 2. The van der Waals surface area contributed by atoms with Crippen LogP contribution in [0.1, 0.15) is 32.1 Å². The predicted molar refractivity (Wildman–Crippen MR) is 87.8 cm³/mol. The van der Waals surface area contributed by atoms with Crippen molar-refractivity contribution in [3.63, 3.8) is 0 Å². The molecule has 0 saturated heterocycles. The maximum absolute atomic E-state index is 11.9. The number of benzene rings is 1. The maximum atomic E-state index is 11.9. The van der Waals surface area contributed by atoms with E-state index < -0.39 is 11.8 Å². The van der Waals surface area contributed by atoms with Crippen LogP contribution < -0.4 is 10.6 Å². The molecule has 1 fully saturated rings. The van der Waals surface area contributed by atoms with E-state index in [2.05, 4.69) is 15.6 Å². The molecular weight excluding hydrogens is 298 g/mol. The van der Waals surface area contributed by atoms with E-state index >= 15 is 0 Å². The molecule has 3 rings (SSSR count). The molecule has 6 heteroatoms. The van der Waals surface area contributed by atoms with Crippen LogP contribution in [0.25, 0.3) is 10.2 Å². The summed E-state index contributed by atoms with van der Waals surface area (Å²) in [7, 11) is 0. The van der Waals surface area contributed by atoms with Crippen molar-refractivity contribution in [2.45, 2.75) is 32.1 Å². The number of anilines is 1. The zero-order chi connectivity index (χ0) is 15.4. The van der Waals surface area contributed by atoms with Crippen LogP contribution in [0.2, 0.25) is 0 Å². The summed E-state index contributed by atoms with van der Waals surface area (Å²) in [4.78, 5) is 28.1. The molecule has 1 aliphatic rings. The van der Waals surface area contributed by atoms with Gasteiger partial charge in [-0.25, -0.2) is 4.98 Å². The summed E-state index contributed by atoms with van der Waals surface area (Å²) in [5.74, 6) is -0.715. The van der Waals surface area contributed by atoms with E-state index in [1.807, 2.05) is 24.3 Å². The van der Waals surface area contributed by atoms with Gasteiger partial charge < -0.3 is 5.32 Å². The fourth-order valence-corrected chi connectivity index (χ4v) is 3.65. The average molecular weight is 317 g/mol. The maximum Gasteiger partial charge on any atom is 0.315 e. The zero-order valence-corrected chi connectivity index (χ0v) is 13.1. The molecule has 1 aromatic carbocycles. The van der Waals surface area contributed by atoms with Gasteiger partial charge in [-0.2, -0.15) is 0 Å². The molecule has 0 atom stereocenters. The lowest BCUT2D eigenvalue weighted by Gasteiger charge is -2.21. The van der Waals surface area contributed by atoms with Crippen LogP contribution in [0.4, 0.5) is 5.13 Å². The van der Waals surface area contributed by atoms with Gasteiger partial charge in [-0.15, -0.1) is 0 Å². The Morgan fingerprint density at radius 3 is 2.68 bits per heavy atom. The molecule has 1 aliphatic carbocycles. The van der Waals surface area contributed by atoms with Gasteiger partial charge in [0.15, 0.2) is 5.13 Å². The quantitative estimate of drug-likeness (QED) is 0.855. The number of rotatable bonds is 3. The van der Waals surface area contributed by atoms with Gasteiger partial charge in [0.2, 0.25) is 0 Å². The molecular formula is C16H19N3O2S. The van der Waals surface area contributed by atoms with Crippen molar-refractivity contribution in [1.82, 2.24) is 10.3 Å². The van der Waals surface area contributed by atoms with E-state index in [4.69, 9.17) is 0 Å². The minimum absolute atomic E-state index is 0.457. The van der Waals surface area contributed by atoms with Crippen LogP contribution in [-0.2, 0) is 9.59 Å². The molecule has 2 amide bonds. The summed E-state index contributed by atoms with van der Waals surface area (Å²) in [6, 6.07) is 7.63. The van der Waals surface area contributed by atoms with E-state index in [0.717, 1.165) is 23.1 Å². The van der Waals surface area contributed by atoms with E-state index in [1.54, 1.807) is 0 Å². The van der Waals surface area contributed by atoms with Gasteiger partial charge in [0.05, 0.1) is 10.2 Å². The van der Waals surface area contributed by atoms with Crippen molar-refractivity contribution < 1.29 is 9.59 Å². The monoisotopic (exact) mass is 317 g/mol. The third-order valence-corrected chi connectivity index (χ3v) is 4.95. The number of amides is 2. The number of aromatic nitrogens is 1. The van der Waals surface area contributed by atoms with E-state index in [1.165, 1.54) is 30.6 Å². The van der Waals surface area contributed by atoms with E-state index in [-0.39, 0.29) is 0 Å². The Morgan fingerprint density at radius 2 is 1.91 bits per heavy atom. The standard InChI is InChI=1S/C16H19N3O2S/c20-14(17-10-11-6-2-1-3-7-11)15(21)19-16-18-12-8-4-5-9-13(12)22-16/h4-5,8-9,11H,1-3,6-7,10H2,(H,17,20)(H,18,19,21). The minimum Gasteiger partial charge on any atom is -0.348 e. The first kappa shape index (κ1) is 15.0. The number of thiazole rings is 1. The second-order valence-electron chi connectivity index (χ2n) is 5.65. The molecule has 0 aliphatic heterocycles. The number of para-hydroxylation sites is 1. The van der Waals surface area contributed by atoms with Gasteiger partial charge in [-0.05, 0) is 30.9 Å². The van der Waals surface area contributed by atoms with Gasteiger partial charge in [0.1, 0.15) is 0 Å². The van der Waals surface area contributed by atoms with Crippen LogP contribution in [0, 0.1) is 5.92 Å². The van der Waals surface area contributed by atoms with Gasteiger partial charge in [0, 0.05) is 6.54 Å². The summed E-state index contributed by atoms with van der Waals surface area (Å²) in [5.41, 5.74) is 0.824. The number of nitrogens with one attached hydrogen (secondary N) is 2. The van der Waals surface area contributed by atoms with Crippen molar-refractivity contribution in [3.05, 3.63) is 24.3 Å². The second-order valence-corrected chi connectivity index (χ2v) is 6.69. The highest BCUT2D eigenvalue weighted by Gasteiger charge is 2.19. The topological polar surface area (TPSA) is 71.1 Å². The average Bonchev–Trinajstić information content (AvgIpc) is 2.95.